The van der Waals surface area contributed by atoms with Gasteiger partial charge in [0.05, 0.1) is 12.2 Å². The molecular formula is C12H8Br2F2N2. The normalized spacial score (nSPS) is 10.4. The molecule has 1 aromatic carbocycles. The van der Waals surface area contributed by atoms with Gasteiger partial charge >= 0.3 is 0 Å². The predicted octanol–water partition coefficient (Wildman–Crippen LogP) is 4.50. The van der Waals surface area contributed by atoms with E-state index in [0.717, 1.165) is 26.8 Å². The molecule has 0 radical (unpaired) electrons. The number of halogens is 4. The second-order valence-electron chi connectivity index (χ2n) is 3.56. The number of benzene rings is 1. The van der Waals surface area contributed by atoms with Crippen molar-refractivity contribution in [3.63, 3.8) is 0 Å². The maximum atomic E-state index is 13.0. The maximum absolute atomic E-state index is 13.0. The number of nitrogens with zero attached hydrogens (tertiary/aromatic N) is 1. The van der Waals surface area contributed by atoms with Crippen LogP contribution in [-0.2, 0) is 6.54 Å². The van der Waals surface area contributed by atoms with Crippen LogP contribution in [0.1, 0.15) is 5.69 Å². The summed E-state index contributed by atoms with van der Waals surface area (Å²) in [5.41, 5.74) is 1.29. The number of hydrogen-bond donors (Lipinski definition) is 1. The van der Waals surface area contributed by atoms with Gasteiger partial charge in [0.2, 0.25) is 0 Å². The summed E-state index contributed by atoms with van der Waals surface area (Å²) in [6.07, 6.45) is 1.67. The molecule has 0 aliphatic carbocycles. The molecule has 1 N–H and O–H groups in total. The Balaban J connectivity index is 2.09. The Bertz CT molecular complexity index is 576. The van der Waals surface area contributed by atoms with Crippen molar-refractivity contribution in [2.45, 2.75) is 6.54 Å². The van der Waals surface area contributed by atoms with Crippen LogP contribution >= 0.6 is 31.9 Å². The van der Waals surface area contributed by atoms with E-state index in [1.54, 1.807) is 6.20 Å². The van der Waals surface area contributed by atoms with Crippen molar-refractivity contribution in [3.8, 4) is 0 Å². The number of nitrogens with one attached hydrogen (secondary N) is 1. The molecule has 1 aromatic heterocycles. The lowest BCUT2D eigenvalue weighted by Gasteiger charge is -2.08. The first-order valence-corrected chi connectivity index (χ1v) is 6.63. The van der Waals surface area contributed by atoms with E-state index in [-0.39, 0.29) is 0 Å². The van der Waals surface area contributed by atoms with Gasteiger partial charge in [-0.25, -0.2) is 8.78 Å². The van der Waals surface area contributed by atoms with E-state index in [4.69, 9.17) is 0 Å². The molecule has 0 aliphatic heterocycles. The van der Waals surface area contributed by atoms with Crippen LogP contribution in [0.15, 0.2) is 39.4 Å². The van der Waals surface area contributed by atoms with E-state index in [2.05, 4.69) is 42.2 Å². The highest BCUT2D eigenvalue weighted by molar-refractivity contribution is 9.11. The highest BCUT2D eigenvalue weighted by atomic mass is 79.9. The minimum atomic E-state index is -0.872. The minimum Gasteiger partial charge on any atom is -0.379 e. The van der Waals surface area contributed by atoms with Crippen molar-refractivity contribution in [1.82, 2.24) is 4.98 Å². The Morgan fingerprint density at radius 1 is 1.11 bits per heavy atom. The van der Waals surface area contributed by atoms with Gasteiger partial charge in [-0.2, -0.15) is 0 Å². The smallest absolute Gasteiger partial charge is 0.160 e. The topological polar surface area (TPSA) is 24.9 Å². The first-order chi connectivity index (χ1) is 8.56. The third-order valence-corrected chi connectivity index (χ3v) is 3.38. The van der Waals surface area contributed by atoms with Gasteiger partial charge in [-0.15, -0.1) is 0 Å². The third kappa shape index (κ3) is 3.26. The van der Waals surface area contributed by atoms with Crippen molar-refractivity contribution < 1.29 is 8.78 Å². The first-order valence-electron chi connectivity index (χ1n) is 5.05. The Hall–Kier alpha value is -1.01. The molecule has 0 amide bonds. The van der Waals surface area contributed by atoms with Crippen LogP contribution in [0.3, 0.4) is 0 Å². The van der Waals surface area contributed by atoms with Gasteiger partial charge in [-0.3, -0.25) is 4.98 Å². The Kier molecular flexibility index (Phi) is 4.29. The lowest BCUT2D eigenvalue weighted by Crippen LogP contribution is -2.03. The standard InChI is InChI=1S/C12H8Br2F2N2/c13-7-3-9(14)12(18-5-7)6-17-8-1-2-10(15)11(16)4-8/h1-5,17H,6H2. The molecule has 94 valence electrons. The molecule has 2 nitrogen and oxygen atoms in total. The molecular weight excluding hydrogens is 370 g/mol. The summed E-state index contributed by atoms with van der Waals surface area (Å²) < 4.78 is 27.4. The Morgan fingerprint density at radius 2 is 1.89 bits per heavy atom. The second kappa shape index (κ2) is 5.75. The summed E-state index contributed by atoms with van der Waals surface area (Å²) >= 11 is 6.69. The minimum absolute atomic E-state index is 0.416. The number of aromatic nitrogens is 1. The summed E-state index contributed by atoms with van der Waals surface area (Å²) in [6, 6.07) is 5.55. The van der Waals surface area contributed by atoms with Gasteiger partial charge in [-0.05, 0) is 50.1 Å². The summed E-state index contributed by atoms with van der Waals surface area (Å²) in [7, 11) is 0. The van der Waals surface area contributed by atoms with Crippen LogP contribution < -0.4 is 5.32 Å². The summed E-state index contributed by atoms with van der Waals surface area (Å²) in [5, 5.41) is 2.97. The fourth-order valence-corrected chi connectivity index (χ4v) is 2.49. The average molecular weight is 378 g/mol. The van der Waals surface area contributed by atoms with E-state index in [1.165, 1.54) is 6.07 Å². The largest absolute Gasteiger partial charge is 0.379 e. The molecule has 18 heavy (non-hydrogen) atoms. The Morgan fingerprint density at radius 3 is 2.56 bits per heavy atom. The second-order valence-corrected chi connectivity index (χ2v) is 5.33. The van der Waals surface area contributed by atoms with Crippen molar-refractivity contribution in [2.75, 3.05) is 5.32 Å². The fourth-order valence-electron chi connectivity index (χ4n) is 1.36. The molecule has 2 rings (SSSR count). The van der Waals surface area contributed by atoms with Crippen LogP contribution in [0.25, 0.3) is 0 Å². The number of hydrogen-bond acceptors (Lipinski definition) is 2. The summed E-state index contributed by atoms with van der Waals surface area (Å²) in [6.45, 7) is 0.416. The predicted molar refractivity (Wildman–Crippen MR) is 73.3 cm³/mol. The number of rotatable bonds is 3. The summed E-state index contributed by atoms with van der Waals surface area (Å²) in [5.74, 6) is -1.73. The van der Waals surface area contributed by atoms with Crippen molar-refractivity contribution in [2.24, 2.45) is 0 Å². The van der Waals surface area contributed by atoms with E-state index in [9.17, 15) is 8.78 Å². The van der Waals surface area contributed by atoms with Crippen molar-refractivity contribution in [3.05, 3.63) is 56.7 Å². The SMILES string of the molecule is Fc1ccc(NCc2ncc(Br)cc2Br)cc1F. The highest BCUT2D eigenvalue weighted by Crippen LogP contribution is 2.21. The number of pyridine rings is 1. The van der Waals surface area contributed by atoms with Crippen LogP contribution in [0, 0.1) is 11.6 Å². The molecule has 0 aliphatic rings. The highest BCUT2D eigenvalue weighted by Gasteiger charge is 2.05. The van der Waals surface area contributed by atoms with Gasteiger partial charge in [0.15, 0.2) is 11.6 Å². The zero-order chi connectivity index (χ0) is 13.1. The zero-order valence-corrected chi connectivity index (χ0v) is 12.2. The van der Waals surface area contributed by atoms with Gasteiger partial charge in [0.25, 0.3) is 0 Å². The summed E-state index contributed by atoms with van der Waals surface area (Å²) in [4.78, 5) is 4.21. The molecule has 0 saturated heterocycles. The molecule has 2 aromatic rings. The van der Waals surface area contributed by atoms with E-state index < -0.39 is 11.6 Å². The molecule has 1 heterocycles. The molecule has 0 bridgehead atoms. The van der Waals surface area contributed by atoms with Crippen molar-refractivity contribution >= 4 is 37.5 Å². The maximum Gasteiger partial charge on any atom is 0.160 e. The fraction of sp³-hybridized carbons (Fsp3) is 0.0833. The molecule has 0 atom stereocenters. The van der Waals surface area contributed by atoms with Gasteiger partial charge in [0, 0.05) is 26.9 Å². The average Bonchev–Trinajstić information content (AvgIpc) is 2.32. The van der Waals surface area contributed by atoms with E-state index >= 15 is 0 Å². The lowest BCUT2D eigenvalue weighted by atomic mass is 10.3. The van der Waals surface area contributed by atoms with Gasteiger partial charge in [-0.1, -0.05) is 0 Å². The van der Waals surface area contributed by atoms with Crippen LogP contribution in [0.2, 0.25) is 0 Å². The quantitative estimate of drug-likeness (QED) is 0.851. The zero-order valence-electron chi connectivity index (χ0n) is 9.05. The van der Waals surface area contributed by atoms with E-state index in [0.29, 0.717) is 12.2 Å². The van der Waals surface area contributed by atoms with Crippen LogP contribution in [-0.4, -0.2) is 4.98 Å². The monoisotopic (exact) mass is 376 g/mol. The van der Waals surface area contributed by atoms with Crippen molar-refractivity contribution in [1.29, 1.82) is 0 Å². The first kappa shape index (κ1) is 13.4. The van der Waals surface area contributed by atoms with Gasteiger partial charge < -0.3 is 5.32 Å². The van der Waals surface area contributed by atoms with E-state index in [1.807, 2.05) is 6.07 Å². The molecule has 0 fully saturated rings. The number of anilines is 1. The van der Waals surface area contributed by atoms with Crippen LogP contribution in [0.4, 0.5) is 14.5 Å². The third-order valence-electron chi connectivity index (χ3n) is 2.26. The molecule has 6 heteroatoms. The molecule has 0 unspecified atom stereocenters. The van der Waals surface area contributed by atoms with Crippen LogP contribution in [0.5, 0.6) is 0 Å². The Labute approximate surface area is 120 Å². The van der Waals surface area contributed by atoms with Gasteiger partial charge in [0.1, 0.15) is 0 Å². The lowest BCUT2D eigenvalue weighted by molar-refractivity contribution is 0.509. The molecule has 0 saturated carbocycles. The molecule has 0 spiro atoms.